The summed E-state index contributed by atoms with van der Waals surface area (Å²) in [6.07, 6.45) is 0.589. The zero-order chi connectivity index (χ0) is 15.4. The Hall–Kier alpha value is -2.41. The summed E-state index contributed by atoms with van der Waals surface area (Å²) in [6, 6.07) is 4.28. The summed E-state index contributed by atoms with van der Waals surface area (Å²) in [7, 11) is 3.06. The van der Waals surface area contributed by atoms with Gasteiger partial charge in [0.1, 0.15) is 0 Å². The van der Waals surface area contributed by atoms with Gasteiger partial charge >= 0.3 is 6.03 Å². The molecule has 1 aliphatic heterocycles. The standard InChI is InChI=1S/C14H17N3O4/c1-15-14(20)16-9-4-5-10-11(8-9)13(19)17(12(10)18)6-3-7-21-2/h4-5,8H,3,6-7H2,1-2H3,(H2,15,16,20). The van der Waals surface area contributed by atoms with E-state index in [4.69, 9.17) is 4.74 Å². The lowest BCUT2D eigenvalue weighted by Crippen LogP contribution is -2.31. The number of carbonyl (C=O) groups is 3. The van der Waals surface area contributed by atoms with E-state index in [1.807, 2.05) is 0 Å². The van der Waals surface area contributed by atoms with Crippen LogP contribution >= 0.6 is 0 Å². The lowest BCUT2D eigenvalue weighted by atomic mass is 10.1. The molecule has 0 unspecified atom stereocenters. The van der Waals surface area contributed by atoms with E-state index in [2.05, 4.69) is 10.6 Å². The van der Waals surface area contributed by atoms with Crippen LogP contribution in [0.2, 0.25) is 0 Å². The van der Waals surface area contributed by atoms with E-state index in [9.17, 15) is 14.4 Å². The highest BCUT2D eigenvalue weighted by Crippen LogP contribution is 2.26. The van der Waals surface area contributed by atoms with E-state index in [0.717, 1.165) is 0 Å². The van der Waals surface area contributed by atoms with Gasteiger partial charge in [-0.25, -0.2) is 4.79 Å². The van der Waals surface area contributed by atoms with Crippen LogP contribution in [0.5, 0.6) is 0 Å². The highest BCUT2D eigenvalue weighted by Gasteiger charge is 2.35. The van der Waals surface area contributed by atoms with Crippen molar-refractivity contribution in [3.8, 4) is 0 Å². The van der Waals surface area contributed by atoms with Crippen molar-refractivity contribution in [2.24, 2.45) is 0 Å². The maximum absolute atomic E-state index is 12.2. The van der Waals surface area contributed by atoms with E-state index < -0.39 is 0 Å². The lowest BCUT2D eigenvalue weighted by molar-refractivity contribution is 0.0638. The zero-order valence-electron chi connectivity index (χ0n) is 11.9. The van der Waals surface area contributed by atoms with Crippen molar-refractivity contribution in [2.75, 3.05) is 32.6 Å². The molecule has 0 fully saturated rings. The molecule has 1 heterocycles. The molecule has 112 valence electrons. The van der Waals surface area contributed by atoms with Crippen molar-refractivity contribution in [2.45, 2.75) is 6.42 Å². The Bertz CT molecular complexity index is 586. The average molecular weight is 291 g/mol. The molecular formula is C14H17N3O4. The average Bonchev–Trinajstić information content (AvgIpc) is 2.72. The minimum Gasteiger partial charge on any atom is -0.385 e. The lowest BCUT2D eigenvalue weighted by Gasteiger charge is -2.12. The smallest absolute Gasteiger partial charge is 0.318 e. The highest BCUT2D eigenvalue weighted by atomic mass is 16.5. The second-order valence-corrected chi connectivity index (χ2v) is 4.57. The number of urea groups is 1. The van der Waals surface area contributed by atoms with Gasteiger partial charge < -0.3 is 15.4 Å². The van der Waals surface area contributed by atoms with Gasteiger partial charge in [-0.3, -0.25) is 14.5 Å². The van der Waals surface area contributed by atoms with Crippen molar-refractivity contribution < 1.29 is 19.1 Å². The molecule has 0 aromatic heterocycles. The number of nitrogens with zero attached hydrogens (tertiary/aromatic N) is 1. The van der Waals surface area contributed by atoms with Crippen LogP contribution in [0.25, 0.3) is 0 Å². The molecule has 2 N–H and O–H groups in total. The van der Waals surface area contributed by atoms with Gasteiger partial charge in [0.2, 0.25) is 0 Å². The Kier molecular flexibility index (Phi) is 4.54. The van der Waals surface area contributed by atoms with Crippen molar-refractivity contribution >= 4 is 23.5 Å². The van der Waals surface area contributed by atoms with E-state index >= 15 is 0 Å². The molecule has 0 bridgehead atoms. The molecule has 0 aliphatic carbocycles. The molecule has 0 radical (unpaired) electrons. The fourth-order valence-corrected chi connectivity index (χ4v) is 2.13. The van der Waals surface area contributed by atoms with E-state index in [0.29, 0.717) is 36.4 Å². The number of hydrogen-bond donors (Lipinski definition) is 2. The molecular weight excluding hydrogens is 274 g/mol. The number of benzene rings is 1. The first kappa shape index (κ1) is 15.0. The number of fused-ring (bicyclic) bond motifs is 1. The molecule has 0 saturated heterocycles. The molecule has 0 saturated carbocycles. The number of ether oxygens (including phenoxy) is 1. The van der Waals surface area contributed by atoms with Crippen LogP contribution in [-0.4, -0.2) is 50.1 Å². The molecule has 2 rings (SSSR count). The molecule has 1 aromatic carbocycles. The highest BCUT2D eigenvalue weighted by molar-refractivity contribution is 6.21. The largest absolute Gasteiger partial charge is 0.385 e. The van der Waals surface area contributed by atoms with E-state index in [1.54, 1.807) is 19.2 Å². The first-order valence-corrected chi connectivity index (χ1v) is 6.56. The Morgan fingerprint density at radius 1 is 1.24 bits per heavy atom. The van der Waals surface area contributed by atoms with Crippen LogP contribution in [0, 0.1) is 0 Å². The molecule has 0 spiro atoms. The van der Waals surface area contributed by atoms with Gasteiger partial charge in [-0.15, -0.1) is 0 Å². The third-order valence-electron chi connectivity index (χ3n) is 3.19. The van der Waals surface area contributed by atoms with Crippen molar-refractivity contribution in [3.63, 3.8) is 0 Å². The molecule has 7 nitrogen and oxygen atoms in total. The molecule has 7 heteroatoms. The number of hydrogen-bond acceptors (Lipinski definition) is 4. The normalized spacial score (nSPS) is 13.3. The van der Waals surface area contributed by atoms with Gasteiger partial charge in [0.15, 0.2) is 0 Å². The number of nitrogens with one attached hydrogen (secondary N) is 2. The summed E-state index contributed by atoms with van der Waals surface area (Å²) in [5.74, 6) is -0.649. The number of anilines is 1. The summed E-state index contributed by atoms with van der Waals surface area (Å²) in [5, 5.41) is 4.99. The predicted octanol–water partition coefficient (Wildman–Crippen LogP) is 1.07. The van der Waals surface area contributed by atoms with Crippen LogP contribution in [0.3, 0.4) is 0 Å². The molecule has 1 aliphatic rings. The van der Waals surface area contributed by atoms with E-state index in [1.165, 1.54) is 18.0 Å². The molecule has 1 aromatic rings. The summed E-state index contributed by atoms with van der Waals surface area (Å²) in [4.78, 5) is 36.9. The second kappa shape index (κ2) is 6.36. The Morgan fingerprint density at radius 3 is 2.62 bits per heavy atom. The molecule has 4 amide bonds. The molecule has 0 atom stereocenters. The Balaban J connectivity index is 2.17. The predicted molar refractivity (Wildman–Crippen MR) is 76.4 cm³/mol. The van der Waals surface area contributed by atoms with Gasteiger partial charge in [0, 0.05) is 33.0 Å². The molecule has 21 heavy (non-hydrogen) atoms. The number of methoxy groups -OCH3 is 1. The van der Waals surface area contributed by atoms with Gasteiger partial charge in [-0.05, 0) is 24.6 Å². The Morgan fingerprint density at radius 2 is 1.95 bits per heavy atom. The second-order valence-electron chi connectivity index (χ2n) is 4.57. The summed E-state index contributed by atoms with van der Waals surface area (Å²) in [6.45, 7) is 0.801. The monoisotopic (exact) mass is 291 g/mol. The first-order chi connectivity index (χ1) is 10.1. The third-order valence-corrected chi connectivity index (χ3v) is 3.19. The number of rotatable bonds is 5. The van der Waals surface area contributed by atoms with Crippen molar-refractivity contribution in [1.82, 2.24) is 10.2 Å². The first-order valence-electron chi connectivity index (χ1n) is 6.56. The van der Waals surface area contributed by atoms with Crippen LogP contribution < -0.4 is 10.6 Å². The van der Waals surface area contributed by atoms with Gasteiger partial charge in [-0.1, -0.05) is 0 Å². The minimum atomic E-state index is -0.385. The van der Waals surface area contributed by atoms with Gasteiger partial charge in [-0.2, -0.15) is 0 Å². The number of imide groups is 1. The summed E-state index contributed by atoms with van der Waals surface area (Å²) < 4.78 is 4.92. The van der Waals surface area contributed by atoms with Crippen LogP contribution in [0.1, 0.15) is 27.1 Å². The van der Waals surface area contributed by atoms with E-state index in [-0.39, 0.29) is 17.8 Å². The van der Waals surface area contributed by atoms with Crippen LogP contribution in [-0.2, 0) is 4.74 Å². The van der Waals surface area contributed by atoms with Gasteiger partial charge in [0.25, 0.3) is 11.8 Å². The summed E-state index contributed by atoms with van der Waals surface area (Å²) >= 11 is 0. The fraction of sp³-hybridized carbons (Fsp3) is 0.357. The third kappa shape index (κ3) is 3.03. The maximum Gasteiger partial charge on any atom is 0.318 e. The van der Waals surface area contributed by atoms with Gasteiger partial charge in [0.05, 0.1) is 11.1 Å². The fourth-order valence-electron chi connectivity index (χ4n) is 2.13. The SMILES string of the molecule is CNC(=O)Nc1ccc2c(c1)C(=O)N(CCCOC)C2=O. The summed E-state index contributed by atoms with van der Waals surface area (Å²) in [5.41, 5.74) is 1.14. The maximum atomic E-state index is 12.2. The van der Waals surface area contributed by atoms with Crippen molar-refractivity contribution in [1.29, 1.82) is 0 Å². The quantitative estimate of drug-likeness (QED) is 0.627. The van der Waals surface area contributed by atoms with Crippen LogP contribution in [0.15, 0.2) is 18.2 Å². The minimum absolute atomic E-state index is 0.308. The Labute approximate surface area is 122 Å². The zero-order valence-corrected chi connectivity index (χ0v) is 11.9. The number of carbonyl (C=O) groups excluding carboxylic acids is 3. The van der Waals surface area contributed by atoms with Crippen molar-refractivity contribution in [3.05, 3.63) is 29.3 Å². The topological polar surface area (TPSA) is 87.7 Å². The van der Waals surface area contributed by atoms with Crippen LogP contribution in [0.4, 0.5) is 10.5 Å². The number of amides is 4.